The normalized spacial score (nSPS) is 12.1. The Morgan fingerprint density at radius 3 is 2.86 bits per heavy atom. The molecule has 5 N–H and O–H groups in total. The summed E-state index contributed by atoms with van der Waals surface area (Å²) < 4.78 is 3.54. The Kier molecular flexibility index (Phi) is 3.48. The Morgan fingerprint density at radius 1 is 1.64 bits per heavy atom. The van der Waals surface area contributed by atoms with Gasteiger partial charge in [-0.25, -0.2) is 0 Å². The molecule has 14 heavy (non-hydrogen) atoms. The summed E-state index contributed by atoms with van der Waals surface area (Å²) in [6.07, 6.45) is 1.21. The number of primary amides is 1. The molecule has 0 aliphatic carbocycles. The van der Waals surface area contributed by atoms with Crippen molar-refractivity contribution in [3.05, 3.63) is 6.20 Å². The monoisotopic (exact) mass is 215 g/mol. The maximum atomic E-state index is 11.3. The van der Waals surface area contributed by atoms with E-state index in [0.29, 0.717) is 5.00 Å². The fourth-order valence-corrected chi connectivity index (χ4v) is 1.17. The third kappa shape index (κ3) is 3.07. The summed E-state index contributed by atoms with van der Waals surface area (Å²) in [5.41, 5.74) is 10.3. The summed E-state index contributed by atoms with van der Waals surface area (Å²) in [6, 6.07) is -0.936. The zero-order chi connectivity index (χ0) is 10.6. The lowest BCUT2D eigenvalue weighted by molar-refractivity contribution is -0.123. The first-order chi connectivity index (χ1) is 6.59. The van der Waals surface area contributed by atoms with Crippen molar-refractivity contribution in [2.45, 2.75) is 12.5 Å². The maximum Gasteiger partial charge on any atom is 0.242 e. The molecule has 0 radical (unpaired) electrons. The molecule has 1 heterocycles. The van der Waals surface area contributed by atoms with Gasteiger partial charge in [-0.2, -0.15) is 0 Å². The average Bonchev–Trinajstić information content (AvgIpc) is 2.55. The van der Waals surface area contributed by atoms with Crippen molar-refractivity contribution in [1.29, 1.82) is 0 Å². The molecular weight excluding hydrogens is 206 g/mol. The number of anilines is 1. The Morgan fingerprint density at radius 2 is 2.36 bits per heavy atom. The lowest BCUT2D eigenvalue weighted by atomic mass is 10.2. The molecule has 7 nitrogen and oxygen atoms in total. The van der Waals surface area contributed by atoms with E-state index in [-0.39, 0.29) is 6.42 Å². The Labute approximate surface area is 83.6 Å². The van der Waals surface area contributed by atoms with Crippen LogP contribution < -0.4 is 16.8 Å². The van der Waals surface area contributed by atoms with E-state index in [1.807, 2.05) is 0 Å². The highest BCUT2D eigenvalue weighted by atomic mass is 32.1. The van der Waals surface area contributed by atoms with E-state index < -0.39 is 17.9 Å². The predicted molar refractivity (Wildman–Crippen MR) is 50.3 cm³/mol. The van der Waals surface area contributed by atoms with Gasteiger partial charge in [0.1, 0.15) is 5.00 Å². The fourth-order valence-electron chi connectivity index (χ4n) is 0.746. The van der Waals surface area contributed by atoms with Crippen LogP contribution in [0.2, 0.25) is 0 Å². The Balaban J connectivity index is 2.46. The van der Waals surface area contributed by atoms with Crippen molar-refractivity contribution in [3.63, 3.8) is 0 Å². The Bertz CT molecular complexity index is 325. The largest absolute Gasteiger partial charge is 0.370 e. The number of nitrogens with one attached hydrogen (secondary N) is 1. The lowest BCUT2D eigenvalue weighted by Crippen LogP contribution is -2.38. The predicted octanol–water partition coefficient (Wildman–Crippen LogP) is -1.32. The zero-order valence-electron chi connectivity index (χ0n) is 7.14. The molecule has 76 valence electrons. The van der Waals surface area contributed by atoms with E-state index >= 15 is 0 Å². The maximum absolute atomic E-state index is 11.3. The van der Waals surface area contributed by atoms with Gasteiger partial charge < -0.3 is 16.8 Å². The van der Waals surface area contributed by atoms with Crippen molar-refractivity contribution < 1.29 is 9.59 Å². The van der Waals surface area contributed by atoms with E-state index in [0.717, 1.165) is 11.5 Å². The summed E-state index contributed by atoms with van der Waals surface area (Å²) in [5.74, 6) is -1.09. The topological polar surface area (TPSA) is 124 Å². The minimum Gasteiger partial charge on any atom is -0.370 e. The van der Waals surface area contributed by atoms with Gasteiger partial charge in [-0.15, -0.1) is 5.10 Å². The molecule has 0 aliphatic rings. The van der Waals surface area contributed by atoms with Crippen LogP contribution in [0.15, 0.2) is 6.20 Å². The van der Waals surface area contributed by atoms with Gasteiger partial charge in [0, 0.05) is 11.5 Å². The van der Waals surface area contributed by atoms with Crippen LogP contribution >= 0.6 is 11.5 Å². The van der Waals surface area contributed by atoms with E-state index in [1.54, 1.807) is 0 Å². The SMILES string of the molecule is NC(=O)CC(N)C(=O)Nc1cnns1. The molecule has 0 spiro atoms. The summed E-state index contributed by atoms with van der Waals surface area (Å²) in [5, 5.41) is 6.45. The number of hydrogen-bond donors (Lipinski definition) is 3. The highest BCUT2D eigenvalue weighted by Gasteiger charge is 2.16. The highest BCUT2D eigenvalue weighted by Crippen LogP contribution is 2.09. The van der Waals surface area contributed by atoms with E-state index in [2.05, 4.69) is 14.9 Å². The lowest BCUT2D eigenvalue weighted by Gasteiger charge is -2.07. The molecule has 0 saturated carbocycles. The standard InChI is InChI=1S/C6H9N5O2S/c7-3(1-4(8)12)6(13)10-5-2-9-11-14-5/h2-3H,1,7H2,(H2,8,12)(H,10,13). The number of amides is 2. The van der Waals surface area contributed by atoms with Crippen LogP contribution in [0.5, 0.6) is 0 Å². The van der Waals surface area contributed by atoms with Crippen LogP contribution in [0.3, 0.4) is 0 Å². The van der Waals surface area contributed by atoms with E-state index in [4.69, 9.17) is 11.5 Å². The third-order valence-corrected chi connectivity index (χ3v) is 1.95. The van der Waals surface area contributed by atoms with Crippen LogP contribution in [-0.4, -0.2) is 27.4 Å². The number of carbonyl (C=O) groups is 2. The van der Waals surface area contributed by atoms with Gasteiger partial charge in [-0.05, 0) is 0 Å². The molecule has 0 aliphatic heterocycles. The molecular formula is C6H9N5O2S. The van der Waals surface area contributed by atoms with Gasteiger partial charge in [-0.1, -0.05) is 4.49 Å². The van der Waals surface area contributed by atoms with Crippen LogP contribution in [0, 0.1) is 0 Å². The average molecular weight is 215 g/mol. The molecule has 1 atom stereocenters. The van der Waals surface area contributed by atoms with Crippen molar-refractivity contribution in [2.75, 3.05) is 5.32 Å². The van der Waals surface area contributed by atoms with Gasteiger partial charge in [0.25, 0.3) is 0 Å². The van der Waals surface area contributed by atoms with Crippen molar-refractivity contribution in [2.24, 2.45) is 11.5 Å². The second kappa shape index (κ2) is 4.63. The van der Waals surface area contributed by atoms with Gasteiger partial charge in [-0.3, -0.25) is 9.59 Å². The number of carbonyl (C=O) groups excluding carboxylic acids is 2. The quantitative estimate of drug-likeness (QED) is 0.574. The molecule has 0 bridgehead atoms. The summed E-state index contributed by atoms with van der Waals surface area (Å²) >= 11 is 1.02. The van der Waals surface area contributed by atoms with E-state index in [1.165, 1.54) is 6.20 Å². The highest BCUT2D eigenvalue weighted by molar-refractivity contribution is 7.10. The summed E-state index contributed by atoms with van der Waals surface area (Å²) in [7, 11) is 0. The second-order valence-electron chi connectivity index (χ2n) is 2.55. The first kappa shape index (κ1) is 10.5. The molecule has 1 aromatic heterocycles. The van der Waals surface area contributed by atoms with Gasteiger partial charge >= 0.3 is 0 Å². The Hall–Kier alpha value is -1.54. The molecule has 8 heteroatoms. The van der Waals surface area contributed by atoms with Crippen LogP contribution in [-0.2, 0) is 9.59 Å². The number of nitrogens with two attached hydrogens (primary N) is 2. The van der Waals surface area contributed by atoms with Crippen molar-refractivity contribution in [3.8, 4) is 0 Å². The number of aromatic nitrogens is 2. The first-order valence-electron chi connectivity index (χ1n) is 3.71. The van der Waals surface area contributed by atoms with Gasteiger partial charge in [0.15, 0.2) is 0 Å². The minimum atomic E-state index is -0.936. The molecule has 1 unspecified atom stereocenters. The summed E-state index contributed by atoms with van der Waals surface area (Å²) in [6.45, 7) is 0. The number of nitrogens with zero attached hydrogens (tertiary/aromatic N) is 2. The summed E-state index contributed by atoms with van der Waals surface area (Å²) in [4.78, 5) is 21.7. The number of rotatable bonds is 4. The van der Waals surface area contributed by atoms with E-state index in [9.17, 15) is 9.59 Å². The van der Waals surface area contributed by atoms with Crippen molar-refractivity contribution in [1.82, 2.24) is 9.59 Å². The van der Waals surface area contributed by atoms with Crippen LogP contribution in [0.1, 0.15) is 6.42 Å². The van der Waals surface area contributed by atoms with Gasteiger partial charge in [0.2, 0.25) is 11.8 Å². The van der Waals surface area contributed by atoms with Gasteiger partial charge in [0.05, 0.1) is 18.7 Å². The molecule has 0 fully saturated rings. The zero-order valence-corrected chi connectivity index (χ0v) is 7.95. The first-order valence-corrected chi connectivity index (χ1v) is 4.49. The second-order valence-corrected chi connectivity index (χ2v) is 3.33. The number of hydrogen-bond acceptors (Lipinski definition) is 6. The molecule has 1 rings (SSSR count). The smallest absolute Gasteiger partial charge is 0.242 e. The van der Waals surface area contributed by atoms with Crippen LogP contribution in [0.4, 0.5) is 5.00 Å². The minimum absolute atomic E-state index is 0.182. The molecule has 0 saturated heterocycles. The molecule has 0 aromatic carbocycles. The van der Waals surface area contributed by atoms with Crippen molar-refractivity contribution >= 4 is 28.3 Å². The molecule has 1 aromatic rings. The van der Waals surface area contributed by atoms with Crippen LogP contribution in [0.25, 0.3) is 0 Å². The third-order valence-electron chi connectivity index (χ3n) is 1.37. The molecule has 2 amide bonds. The fraction of sp³-hybridized carbons (Fsp3) is 0.333.